The highest BCUT2D eigenvalue weighted by Crippen LogP contribution is 2.36. The van der Waals surface area contributed by atoms with Crippen LogP contribution in [-0.4, -0.2) is 27.6 Å². The molecule has 0 radical (unpaired) electrons. The average Bonchev–Trinajstić information content (AvgIpc) is 3.27. The van der Waals surface area contributed by atoms with Crippen molar-refractivity contribution in [2.75, 3.05) is 12.4 Å². The van der Waals surface area contributed by atoms with Gasteiger partial charge < -0.3 is 14.5 Å². The predicted molar refractivity (Wildman–Crippen MR) is 111 cm³/mol. The van der Waals surface area contributed by atoms with Gasteiger partial charge in [0.15, 0.2) is 5.65 Å². The van der Waals surface area contributed by atoms with E-state index in [0.29, 0.717) is 33.9 Å². The number of anilines is 1. The molecular weight excluding hydrogens is 368 g/mol. The molecule has 0 aliphatic heterocycles. The topological polar surface area (TPSA) is 81.7 Å². The fourth-order valence-corrected chi connectivity index (χ4v) is 3.59. The number of hydrogen-bond acceptors (Lipinski definition) is 5. The average molecular weight is 386 g/mol. The van der Waals surface area contributed by atoms with Gasteiger partial charge in [0, 0.05) is 29.1 Å². The number of hydrogen-bond donors (Lipinski definition) is 1. The van der Waals surface area contributed by atoms with Gasteiger partial charge in [-0.05, 0) is 26.0 Å². The Morgan fingerprint density at radius 2 is 1.93 bits per heavy atom. The number of aryl methyl sites for hydroxylation is 2. The van der Waals surface area contributed by atoms with Crippen LogP contribution in [0.2, 0.25) is 0 Å². The highest BCUT2D eigenvalue weighted by atomic mass is 16.5. The first kappa shape index (κ1) is 17.2. The number of amides is 1. The maximum Gasteiger partial charge on any atom is 0.259 e. The molecular formula is C22H18N4O3. The maximum absolute atomic E-state index is 13.0. The minimum atomic E-state index is -0.293. The molecule has 0 saturated heterocycles. The zero-order valence-electron chi connectivity index (χ0n) is 16.2. The number of para-hydroxylation sites is 1. The van der Waals surface area contributed by atoms with Crippen LogP contribution in [0.3, 0.4) is 0 Å². The highest BCUT2D eigenvalue weighted by Gasteiger charge is 2.18. The SMILES string of the molecule is COc1cc2c(cc1NC(=O)c1cnc3cc(C)nn3c1C)oc1ccccc12. The van der Waals surface area contributed by atoms with E-state index < -0.39 is 0 Å². The monoisotopic (exact) mass is 386 g/mol. The lowest BCUT2D eigenvalue weighted by atomic mass is 10.1. The Hall–Kier alpha value is -3.87. The van der Waals surface area contributed by atoms with Crippen molar-refractivity contribution in [1.29, 1.82) is 0 Å². The van der Waals surface area contributed by atoms with E-state index >= 15 is 0 Å². The van der Waals surface area contributed by atoms with Gasteiger partial charge in [0.2, 0.25) is 0 Å². The smallest absolute Gasteiger partial charge is 0.259 e. The van der Waals surface area contributed by atoms with Gasteiger partial charge in [-0.1, -0.05) is 18.2 Å². The molecule has 29 heavy (non-hydrogen) atoms. The molecule has 7 nitrogen and oxygen atoms in total. The number of nitrogens with zero attached hydrogens (tertiary/aromatic N) is 3. The van der Waals surface area contributed by atoms with Crippen LogP contribution in [0.4, 0.5) is 5.69 Å². The van der Waals surface area contributed by atoms with Crippen LogP contribution in [0.1, 0.15) is 21.7 Å². The summed E-state index contributed by atoms with van der Waals surface area (Å²) in [5.74, 6) is 0.262. The third kappa shape index (κ3) is 2.70. The van der Waals surface area contributed by atoms with Crippen molar-refractivity contribution >= 4 is 39.2 Å². The Morgan fingerprint density at radius 1 is 1.10 bits per heavy atom. The molecule has 1 N–H and O–H groups in total. The summed E-state index contributed by atoms with van der Waals surface area (Å²) in [6.07, 6.45) is 1.56. The minimum Gasteiger partial charge on any atom is -0.495 e. The van der Waals surface area contributed by atoms with E-state index in [-0.39, 0.29) is 5.91 Å². The van der Waals surface area contributed by atoms with Crippen molar-refractivity contribution in [1.82, 2.24) is 14.6 Å². The highest BCUT2D eigenvalue weighted by molar-refractivity contribution is 6.10. The van der Waals surface area contributed by atoms with Gasteiger partial charge in [-0.25, -0.2) is 9.50 Å². The van der Waals surface area contributed by atoms with E-state index in [2.05, 4.69) is 15.4 Å². The van der Waals surface area contributed by atoms with Gasteiger partial charge >= 0.3 is 0 Å². The quantitative estimate of drug-likeness (QED) is 0.493. The van der Waals surface area contributed by atoms with Gasteiger partial charge in [-0.15, -0.1) is 0 Å². The van der Waals surface area contributed by atoms with Gasteiger partial charge in [-0.3, -0.25) is 4.79 Å². The lowest BCUT2D eigenvalue weighted by Gasteiger charge is -2.12. The molecule has 0 atom stereocenters. The van der Waals surface area contributed by atoms with Crippen molar-refractivity contribution in [2.45, 2.75) is 13.8 Å². The number of furan rings is 1. The van der Waals surface area contributed by atoms with Gasteiger partial charge in [0.25, 0.3) is 5.91 Å². The summed E-state index contributed by atoms with van der Waals surface area (Å²) in [6.45, 7) is 3.73. The molecule has 2 aromatic carbocycles. The molecule has 5 aromatic rings. The number of fused-ring (bicyclic) bond motifs is 4. The zero-order valence-corrected chi connectivity index (χ0v) is 16.2. The van der Waals surface area contributed by atoms with Crippen LogP contribution in [0.15, 0.2) is 53.1 Å². The molecule has 0 bridgehead atoms. The van der Waals surface area contributed by atoms with Crippen LogP contribution in [0.25, 0.3) is 27.6 Å². The van der Waals surface area contributed by atoms with Crippen molar-refractivity contribution in [2.24, 2.45) is 0 Å². The molecule has 0 fully saturated rings. The number of aromatic nitrogens is 3. The van der Waals surface area contributed by atoms with E-state index in [4.69, 9.17) is 9.15 Å². The fourth-order valence-electron chi connectivity index (χ4n) is 3.59. The van der Waals surface area contributed by atoms with Gasteiger partial charge in [-0.2, -0.15) is 5.10 Å². The number of nitrogens with one attached hydrogen (secondary N) is 1. The molecule has 7 heteroatoms. The van der Waals surface area contributed by atoms with Crippen LogP contribution >= 0.6 is 0 Å². The second-order valence-electron chi connectivity index (χ2n) is 6.91. The van der Waals surface area contributed by atoms with E-state index in [1.807, 2.05) is 50.2 Å². The first-order chi connectivity index (χ1) is 14.0. The second kappa shape index (κ2) is 6.34. The zero-order chi connectivity index (χ0) is 20.1. The lowest BCUT2D eigenvalue weighted by Crippen LogP contribution is -2.16. The molecule has 0 saturated carbocycles. The molecule has 0 unspecified atom stereocenters. The molecule has 5 rings (SSSR count). The Morgan fingerprint density at radius 3 is 2.76 bits per heavy atom. The summed E-state index contributed by atoms with van der Waals surface area (Å²) >= 11 is 0. The third-order valence-electron chi connectivity index (χ3n) is 5.04. The summed E-state index contributed by atoms with van der Waals surface area (Å²) in [6, 6.07) is 13.3. The Bertz CT molecular complexity index is 1410. The van der Waals surface area contributed by atoms with Crippen LogP contribution < -0.4 is 10.1 Å². The van der Waals surface area contributed by atoms with E-state index in [1.165, 1.54) is 0 Å². The first-order valence-corrected chi connectivity index (χ1v) is 9.18. The normalized spacial score (nSPS) is 11.4. The fraction of sp³-hybridized carbons (Fsp3) is 0.136. The number of benzene rings is 2. The number of carbonyl (C=O) groups is 1. The third-order valence-corrected chi connectivity index (χ3v) is 5.04. The number of methoxy groups -OCH3 is 1. The summed E-state index contributed by atoms with van der Waals surface area (Å²) < 4.78 is 13.1. The molecule has 0 aliphatic rings. The van der Waals surface area contributed by atoms with Crippen LogP contribution in [-0.2, 0) is 0 Å². The first-order valence-electron chi connectivity index (χ1n) is 9.18. The summed E-state index contributed by atoms with van der Waals surface area (Å²) in [5.41, 5.74) is 4.69. The number of rotatable bonds is 3. The van der Waals surface area contributed by atoms with Gasteiger partial charge in [0.05, 0.1) is 29.7 Å². The van der Waals surface area contributed by atoms with Gasteiger partial charge in [0.1, 0.15) is 16.9 Å². The Balaban J connectivity index is 1.58. The van der Waals surface area contributed by atoms with Crippen molar-refractivity contribution in [3.8, 4) is 5.75 Å². The molecule has 0 spiro atoms. The Kier molecular flexibility index (Phi) is 3.77. The Labute approximate surface area is 165 Å². The summed E-state index contributed by atoms with van der Waals surface area (Å²) in [4.78, 5) is 17.3. The standard InChI is InChI=1S/C22H18N4O3/c1-12-8-21-23-11-16(13(2)26(21)25-12)22(27)24-17-10-19-15(9-20(17)28-3)14-6-4-5-7-18(14)29-19/h4-11H,1-3H3,(H,24,27). The molecule has 0 aliphatic carbocycles. The summed E-state index contributed by atoms with van der Waals surface area (Å²) in [7, 11) is 1.57. The van der Waals surface area contributed by atoms with Crippen LogP contribution in [0, 0.1) is 13.8 Å². The maximum atomic E-state index is 13.0. The van der Waals surface area contributed by atoms with Crippen molar-refractivity contribution < 1.29 is 13.9 Å². The second-order valence-corrected chi connectivity index (χ2v) is 6.91. The summed E-state index contributed by atoms with van der Waals surface area (Å²) in [5, 5.41) is 9.25. The molecule has 1 amide bonds. The van der Waals surface area contributed by atoms with Crippen LogP contribution in [0.5, 0.6) is 5.75 Å². The predicted octanol–water partition coefficient (Wildman–Crippen LogP) is 4.51. The molecule has 3 heterocycles. The molecule has 144 valence electrons. The number of ether oxygens (including phenoxy) is 1. The molecule has 3 aromatic heterocycles. The van der Waals surface area contributed by atoms with Crippen molar-refractivity contribution in [3.63, 3.8) is 0 Å². The van der Waals surface area contributed by atoms with E-state index in [0.717, 1.165) is 22.0 Å². The van der Waals surface area contributed by atoms with E-state index in [9.17, 15) is 4.79 Å². The number of carbonyl (C=O) groups excluding carboxylic acids is 1. The van der Waals surface area contributed by atoms with E-state index in [1.54, 1.807) is 23.9 Å². The largest absolute Gasteiger partial charge is 0.495 e. The van der Waals surface area contributed by atoms with Crippen molar-refractivity contribution in [3.05, 3.63) is 65.6 Å². The lowest BCUT2D eigenvalue weighted by molar-refractivity contribution is 0.102. The minimum absolute atomic E-state index is 0.293.